The Morgan fingerprint density at radius 2 is 2.32 bits per heavy atom. The van der Waals surface area contributed by atoms with Crippen molar-refractivity contribution < 1.29 is 4.79 Å². The van der Waals surface area contributed by atoms with Crippen LogP contribution in [0.5, 0.6) is 0 Å². The standard InChI is InChI=1S/C13H20N4OS/c1-3-14-11-6-5-10(16-17-11)12(18)15-9-13(2)7-4-8-19-13/h5-6H,3-4,7-9H2,1-2H3,(H,14,17)(H,15,18). The summed E-state index contributed by atoms with van der Waals surface area (Å²) < 4.78 is 0.173. The highest BCUT2D eigenvalue weighted by Gasteiger charge is 2.29. The van der Waals surface area contributed by atoms with Crippen molar-refractivity contribution in [3.63, 3.8) is 0 Å². The van der Waals surface area contributed by atoms with E-state index in [0.29, 0.717) is 18.1 Å². The molecule has 0 bridgehead atoms. The minimum atomic E-state index is -0.149. The molecule has 0 radical (unpaired) electrons. The van der Waals surface area contributed by atoms with Crippen molar-refractivity contribution in [3.05, 3.63) is 17.8 Å². The number of aromatic nitrogens is 2. The predicted octanol–water partition coefficient (Wildman–Crippen LogP) is 1.92. The molecule has 104 valence electrons. The monoisotopic (exact) mass is 280 g/mol. The maximum absolute atomic E-state index is 12.0. The first kappa shape index (κ1) is 14.1. The van der Waals surface area contributed by atoms with Gasteiger partial charge in [0.2, 0.25) is 0 Å². The number of thioether (sulfide) groups is 1. The fourth-order valence-electron chi connectivity index (χ4n) is 2.06. The Balaban J connectivity index is 1.88. The average molecular weight is 280 g/mol. The summed E-state index contributed by atoms with van der Waals surface area (Å²) in [5.41, 5.74) is 0.369. The summed E-state index contributed by atoms with van der Waals surface area (Å²) in [7, 11) is 0. The average Bonchev–Trinajstić information content (AvgIpc) is 2.85. The molecule has 5 nitrogen and oxygen atoms in total. The molecular weight excluding hydrogens is 260 g/mol. The van der Waals surface area contributed by atoms with Gasteiger partial charge in [-0.2, -0.15) is 11.8 Å². The van der Waals surface area contributed by atoms with Gasteiger partial charge < -0.3 is 10.6 Å². The van der Waals surface area contributed by atoms with Crippen LogP contribution in [0, 0.1) is 0 Å². The molecule has 0 spiro atoms. The summed E-state index contributed by atoms with van der Waals surface area (Å²) in [5, 5.41) is 13.9. The molecule has 0 saturated carbocycles. The molecule has 1 unspecified atom stereocenters. The maximum Gasteiger partial charge on any atom is 0.271 e. The first-order valence-electron chi connectivity index (χ1n) is 6.63. The highest BCUT2D eigenvalue weighted by atomic mass is 32.2. The molecule has 0 aliphatic carbocycles. The summed E-state index contributed by atoms with van der Waals surface area (Å²) in [6.45, 7) is 5.66. The molecule has 0 aromatic carbocycles. The van der Waals surface area contributed by atoms with Crippen molar-refractivity contribution in [1.29, 1.82) is 0 Å². The molecule has 1 aliphatic rings. The van der Waals surface area contributed by atoms with Crippen molar-refractivity contribution in [2.75, 3.05) is 24.2 Å². The smallest absolute Gasteiger partial charge is 0.271 e. The molecule has 1 atom stereocenters. The minimum absolute atomic E-state index is 0.149. The summed E-state index contributed by atoms with van der Waals surface area (Å²) in [6, 6.07) is 3.47. The zero-order valence-corrected chi connectivity index (χ0v) is 12.2. The summed E-state index contributed by atoms with van der Waals surface area (Å²) in [5.74, 6) is 1.73. The lowest BCUT2D eigenvalue weighted by Gasteiger charge is -2.22. The van der Waals surface area contributed by atoms with E-state index >= 15 is 0 Å². The highest BCUT2D eigenvalue weighted by Crippen LogP contribution is 2.36. The van der Waals surface area contributed by atoms with E-state index in [9.17, 15) is 4.79 Å². The number of anilines is 1. The van der Waals surface area contributed by atoms with Crippen LogP contribution in [-0.4, -0.2) is 39.7 Å². The zero-order valence-electron chi connectivity index (χ0n) is 11.4. The van der Waals surface area contributed by atoms with Gasteiger partial charge in [0, 0.05) is 17.8 Å². The number of hydrogen-bond donors (Lipinski definition) is 2. The quantitative estimate of drug-likeness (QED) is 0.862. The maximum atomic E-state index is 12.0. The number of nitrogens with zero attached hydrogens (tertiary/aromatic N) is 2. The molecule has 2 N–H and O–H groups in total. The van der Waals surface area contributed by atoms with E-state index in [-0.39, 0.29) is 10.7 Å². The fourth-order valence-corrected chi connectivity index (χ4v) is 3.31. The zero-order chi connectivity index (χ0) is 13.7. The number of carbonyl (C=O) groups is 1. The van der Waals surface area contributed by atoms with Gasteiger partial charge in [-0.25, -0.2) is 0 Å². The van der Waals surface area contributed by atoms with Gasteiger partial charge in [-0.05, 0) is 44.6 Å². The normalized spacial score (nSPS) is 22.2. The van der Waals surface area contributed by atoms with Crippen LogP contribution in [0.2, 0.25) is 0 Å². The van der Waals surface area contributed by atoms with E-state index in [0.717, 1.165) is 13.0 Å². The predicted molar refractivity (Wildman–Crippen MR) is 78.6 cm³/mol. The molecule has 1 aromatic rings. The van der Waals surface area contributed by atoms with Gasteiger partial charge in [0.1, 0.15) is 5.82 Å². The lowest BCUT2D eigenvalue weighted by Crippen LogP contribution is -2.37. The van der Waals surface area contributed by atoms with Gasteiger partial charge in [0.25, 0.3) is 5.91 Å². The van der Waals surface area contributed by atoms with Crippen LogP contribution in [0.1, 0.15) is 37.2 Å². The van der Waals surface area contributed by atoms with Gasteiger partial charge >= 0.3 is 0 Å². The minimum Gasteiger partial charge on any atom is -0.369 e. The largest absolute Gasteiger partial charge is 0.369 e. The summed E-state index contributed by atoms with van der Waals surface area (Å²) in [6.07, 6.45) is 2.39. The highest BCUT2D eigenvalue weighted by molar-refractivity contribution is 8.00. The van der Waals surface area contributed by atoms with E-state index in [4.69, 9.17) is 0 Å². The van der Waals surface area contributed by atoms with Gasteiger partial charge in [-0.1, -0.05) is 0 Å². The third kappa shape index (κ3) is 3.83. The topological polar surface area (TPSA) is 66.9 Å². The number of amides is 1. The Kier molecular flexibility index (Phi) is 4.63. The lowest BCUT2D eigenvalue weighted by atomic mass is 10.1. The van der Waals surface area contributed by atoms with Gasteiger partial charge in [-0.3, -0.25) is 4.79 Å². The second kappa shape index (κ2) is 6.23. The van der Waals surface area contributed by atoms with Crippen molar-refractivity contribution in [2.24, 2.45) is 0 Å². The van der Waals surface area contributed by atoms with Crippen LogP contribution in [0.4, 0.5) is 5.82 Å². The Morgan fingerprint density at radius 3 is 2.89 bits per heavy atom. The lowest BCUT2D eigenvalue weighted by molar-refractivity contribution is 0.0944. The van der Waals surface area contributed by atoms with Crippen molar-refractivity contribution >= 4 is 23.5 Å². The molecule has 1 amide bonds. The van der Waals surface area contributed by atoms with Gasteiger partial charge in [0.05, 0.1) is 0 Å². The van der Waals surface area contributed by atoms with E-state index < -0.39 is 0 Å². The summed E-state index contributed by atoms with van der Waals surface area (Å²) >= 11 is 1.93. The number of nitrogens with one attached hydrogen (secondary N) is 2. The van der Waals surface area contributed by atoms with E-state index in [1.807, 2.05) is 18.7 Å². The third-order valence-electron chi connectivity index (χ3n) is 3.18. The van der Waals surface area contributed by atoms with Gasteiger partial charge in [-0.15, -0.1) is 10.2 Å². The molecule has 1 aromatic heterocycles. The molecule has 6 heteroatoms. The third-order valence-corrected chi connectivity index (χ3v) is 4.72. The Bertz CT molecular complexity index is 429. The Labute approximate surface area is 118 Å². The second-order valence-corrected chi connectivity index (χ2v) is 6.60. The number of rotatable bonds is 5. The molecule has 2 heterocycles. The van der Waals surface area contributed by atoms with Crippen LogP contribution in [0.15, 0.2) is 12.1 Å². The van der Waals surface area contributed by atoms with Crippen LogP contribution < -0.4 is 10.6 Å². The van der Waals surface area contributed by atoms with Crippen molar-refractivity contribution in [1.82, 2.24) is 15.5 Å². The van der Waals surface area contributed by atoms with E-state index in [1.165, 1.54) is 12.2 Å². The number of hydrogen-bond acceptors (Lipinski definition) is 5. The van der Waals surface area contributed by atoms with Crippen LogP contribution >= 0.6 is 11.8 Å². The molecule has 1 aliphatic heterocycles. The number of carbonyl (C=O) groups excluding carboxylic acids is 1. The van der Waals surface area contributed by atoms with E-state index in [2.05, 4.69) is 27.8 Å². The first-order valence-corrected chi connectivity index (χ1v) is 7.61. The van der Waals surface area contributed by atoms with E-state index in [1.54, 1.807) is 12.1 Å². The molecule has 19 heavy (non-hydrogen) atoms. The van der Waals surface area contributed by atoms with Gasteiger partial charge in [0.15, 0.2) is 5.69 Å². The summed E-state index contributed by atoms with van der Waals surface area (Å²) in [4.78, 5) is 12.0. The molecule has 1 fully saturated rings. The van der Waals surface area contributed by atoms with Crippen molar-refractivity contribution in [3.8, 4) is 0 Å². The fraction of sp³-hybridized carbons (Fsp3) is 0.615. The molecule has 1 saturated heterocycles. The van der Waals surface area contributed by atoms with Crippen LogP contribution in [0.25, 0.3) is 0 Å². The second-order valence-electron chi connectivity index (χ2n) is 4.92. The molecule has 2 rings (SSSR count). The van der Waals surface area contributed by atoms with Crippen molar-refractivity contribution in [2.45, 2.75) is 31.4 Å². The SMILES string of the molecule is CCNc1ccc(C(=O)NCC2(C)CCCS2)nn1. The Hall–Kier alpha value is -1.30. The first-order chi connectivity index (χ1) is 9.13. The molecular formula is C13H20N4OS. The van der Waals surface area contributed by atoms with Crippen LogP contribution in [0.3, 0.4) is 0 Å². The Morgan fingerprint density at radius 1 is 1.47 bits per heavy atom. The van der Waals surface area contributed by atoms with Crippen LogP contribution in [-0.2, 0) is 0 Å².